The minimum Gasteiger partial charge on any atom is -0.298 e. The minimum absolute atomic E-state index is 0.0226. The van der Waals surface area contributed by atoms with Gasteiger partial charge in [0.1, 0.15) is 17.2 Å². The highest BCUT2D eigenvalue weighted by Crippen LogP contribution is 2.28. The van der Waals surface area contributed by atoms with Crippen LogP contribution >= 0.6 is 11.3 Å². The molecule has 0 bridgehead atoms. The van der Waals surface area contributed by atoms with Crippen LogP contribution in [0.1, 0.15) is 41.5 Å². The SMILES string of the molecule is Cc1ccc(-c2csc(NC(=O)c3cn(C(C)C)nc3-c3ccccc3F)n2)nc1C. The molecular formula is C23H22FN5OS. The Balaban J connectivity index is 1.64. The van der Waals surface area contributed by atoms with E-state index >= 15 is 0 Å². The number of benzene rings is 1. The van der Waals surface area contributed by atoms with Crippen molar-refractivity contribution in [1.82, 2.24) is 19.7 Å². The Kier molecular flexibility index (Phi) is 5.65. The standard InChI is InChI=1S/C23H22FN5OS/c1-13(2)29-11-17(21(28-29)16-7-5-6-8-18(16)24)22(30)27-23-26-20(12-31-23)19-10-9-14(3)15(4)25-19/h5-13H,1-4H3,(H,26,27,30). The number of hydrogen-bond donors (Lipinski definition) is 1. The van der Waals surface area contributed by atoms with Crippen molar-refractivity contribution in [3.05, 3.63) is 70.6 Å². The van der Waals surface area contributed by atoms with Crippen molar-refractivity contribution in [2.75, 3.05) is 5.32 Å². The van der Waals surface area contributed by atoms with E-state index in [9.17, 15) is 9.18 Å². The van der Waals surface area contributed by atoms with Crippen molar-refractivity contribution in [1.29, 1.82) is 0 Å². The zero-order valence-corrected chi connectivity index (χ0v) is 18.5. The van der Waals surface area contributed by atoms with E-state index in [1.807, 2.05) is 45.2 Å². The minimum atomic E-state index is -0.428. The number of carbonyl (C=O) groups excluding carboxylic acids is 1. The average Bonchev–Trinajstić information content (AvgIpc) is 3.38. The number of nitrogens with one attached hydrogen (secondary N) is 1. The molecule has 4 aromatic rings. The van der Waals surface area contributed by atoms with Gasteiger partial charge in [-0.3, -0.25) is 19.8 Å². The molecule has 0 aliphatic carbocycles. The highest BCUT2D eigenvalue weighted by Gasteiger charge is 2.22. The van der Waals surface area contributed by atoms with Crippen molar-refractivity contribution in [3.63, 3.8) is 0 Å². The summed E-state index contributed by atoms with van der Waals surface area (Å²) in [6.45, 7) is 7.85. The van der Waals surface area contributed by atoms with E-state index in [0.29, 0.717) is 22.1 Å². The molecule has 0 saturated heterocycles. The van der Waals surface area contributed by atoms with Gasteiger partial charge in [-0.15, -0.1) is 11.3 Å². The van der Waals surface area contributed by atoms with Crippen LogP contribution in [0.25, 0.3) is 22.6 Å². The first-order chi connectivity index (χ1) is 14.8. The van der Waals surface area contributed by atoms with Gasteiger partial charge in [0.25, 0.3) is 5.91 Å². The lowest BCUT2D eigenvalue weighted by molar-refractivity contribution is 0.102. The maximum atomic E-state index is 14.4. The Morgan fingerprint density at radius 1 is 1.10 bits per heavy atom. The van der Waals surface area contributed by atoms with Gasteiger partial charge in [-0.05, 0) is 51.5 Å². The topological polar surface area (TPSA) is 72.7 Å². The van der Waals surface area contributed by atoms with Gasteiger partial charge in [0.05, 0.1) is 11.3 Å². The summed E-state index contributed by atoms with van der Waals surface area (Å²) in [5, 5.41) is 9.57. The molecule has 0 unspecified atom stereocenters. The van der Waals surface area contributed by atoms with Crippen molar-refractivity contribution >= 4 is 22.4 Å². The number of carbonyl (C=O) groups is 1. The second-order valence-corrected chi connectivity index (χ2v) is 8.39. The van der Waals surface area contributed by atoms with E-state index in [2.05, 4.69) is 20.4 Å². The lowest BCUT2D eigenvalue weighted by atomic mass is 10.1. The van der Waals surface area contributed by atoms with Crippen LogP contribution in [0.3, 0.4) is 0 Å². The molecule has 0 spiro atoms. The molecule has 0 saturated carbocycles. The monoisotopic (exact) mass is 435 g/mol. The third kappa shape index (κ3) is 4.25. The largest absolute Gasteiger partial charge is 0.298 e. The maximum Gasteiger partial charge on any atom is 0.261 e. The highest BCUT2D eigenvalue weighted by molar-refractivity contribution is 7.14. The van der Waals surface area contributed by atoms with E-state index in [0.717, 1.165) is 17.0 Å². The summed E-state index contributed by atoms with van der Waals surface area (Å²) in [6.07, 6.45) is 1.64. The summed E-state index contributed by atoms with van der Waals surface area (Å²) in [4.78, 5) is 22.1. The molecule has 1 N–H and O–H groups in total. The second kappa shape index (κ2) is 8.39. The van der Waals surface area contributed by atoms with Crippen molar-refractivity contribution in [2.24, 2.45) is 0 Å². The number of thiazole rings is 1. The summed E-state index contributed by atoms with van der Waals surface area (Å²) in [7, 11) is 0. The lowest BCUT2D eigenvalue weighted by Gasteiger charge is -2.04. The fourth-order valence-electron chi connectivity index (χ4n) is 3.06. The number of nitrogens with zero attached hydrogens (tertiary/aromatic N) is 4. The molecule has 6 nitrogen and oxygen atoms in total. The molecule has 0 radical (unpaired) electrons. The van der Waals surface area contributed by atoms with Crippen LogP contribution in [0.2, 0.25) is 0 Å². The number of halogens is 1. The fourth-order valence-corrected chi connectivity index (χ4v) is 3.76. The van der Waals surface area contributed by atoms with E-state index < -0.39 is 5.82 Å². The van der Waals surface area contributed by atoms with Crippen molar-refractivity contribution < 1.29 is 9.18 Å². The van der Waals surface area contributed by atoms with Crippen LogP contribution in [-0.2, 0) is 0 Å². The zero-order chi connectivity index (χ0) is 22.1. The number of pyridine rings is 1. The Labute approximate surface area is 183 Å². The normalized spacial score (nSPS) is 11.2. The first-order valence-electron chi connectivity index (χ1n) is 9.89. The van der Waals surface area contributed by atoms with Crippen LogP contribution in [0.15, 0.2) is 48.0 Å². The van der Waals surface area contributed by atoms with E-state index in [4.69, 9.17) is 0 Å². The molecule has 158 valence electrons. The van der Waals surface area contributed by atoms with Gasteiger partial charge >= 0.3 is 0 Å². The van der Waals surface area contributed by atoms with Gasteiger partial charge in [-0.2, -0.15) is 5.10 Å². The van der Waals surface area contributed by atoms with Gasteiger partial charge in [0, 0.05) is 28.9 Å². The quantitative estimate of drug-likeness (QED) is 0.439. The van der Waals surface area contributed by atoms with Gasteiger partial charge in [-0.1, -0.05) is 18.2 Å². The molecule has 1 amide bonds. The Morgan fingerprint density at radius 3 is 2.58 bits per heavy atom. The predicted molar refractivity (Wildman–Crippen MR) is 121 cm³/mol. The van der Waals surface area contributed by atoms with Crippen LogP contribution in [0.5, 0.6) is 0 Å². The molecule has 0 aliphatic heterocycles. The molecular weight excluding hydrogens is 413 g/mol. The molecule has 3 heterocycles. The number of aryl methyl sites for hydroxylation is 2. The number of hydrogen-bond acceptors (Lipinski definition) is 5. The van der Waals surface area contributed by atoms with Gasteiger partial charge in [0.15, 0.2) is 5.13 Å². The lowest BCUT2D eigenvalue weighted by Crippen LogP contribution is -2.12. The highest BCUT2D eigenvalue weighted by atomic mass is 32.1. The molecule has 3 aromatic heterocycles. The molecule has 31 heavy (non-hydrogen) atoms. The van der Waals surface area contributed by atoms with Gasteiger partial charge < -0.3 is 0 Å². The third-order valence-corrected chi connectivity index (χ3v) is 5.73. The molecule has 0 aliphatic rings. The van der Waals surface area contributed by atoms with Crippen LogP contribution in [-0.4, -0.2) is 25.7 Å². The van der Waals surface area contributed by atoms with Crippen LogP contribution < -0.4 is 5.32 Å². The Bertz CT molecular complexity index is 1260. The number of anilines is 1. The van der Waals surface area contributed by atoms with Gasteiger partial charge in [-0.25, -0.2) is 9.37 Å². The number of amides is 1. The smallest absolute Gasteiger partial charge is 0.261 e. The van der Waals surface area contributed by atoms with E-state index in [1.54, 1.807) is 29.1 Å². The number of aromatic nitrogens is 4. The molecule has 0 fully saturated rings. The fraction of sp³-hybridized carbons (Fsp3) is 0.217. The molecule has 1 aromatic carbocycles. The first kappa shape index (κ1) is 20.9. The summed E-state index contributed by atoms with van der Waals surface area (Å²) in [5.74, 6) is -0.818. The molecule has 4 rings (SSSR count). The predicted octanol–water partition coefficient (Wildman–Crippen LogP) is 5.66. The zero-order valence-electron chi connectivity index (χ0n) is 17.7. The van der Waals surface area contributed by atoms with E-state index in [1.165, 1.54) is 17.4 Å². The first-order valence-corrected chi connectivity index (χ1v) is 10.8. The molecule has 8 heteroatoms. The summed E-state index contributed by atoms with van der Waals surface area (Å²) in [6, 6.07) is 10.2. The average molecular weight is 436 g/mol. The summed E-state index contributed by atoms with van der Waals surface area (Å²) < 4.78 is 16.1. The van der Waals surface area contributed by atoms with Crippen molar-refractivity contribution in [3.8, 4) is 22.6 Å². The number of rotatable bonds is 5. The summed E-state index contributed by atoms with van der Waals surface area (Å²) in [5.41, 5.74) is 4.36. The van der Waals surface area contributed by atoms with Gasteiger partial charge in [0.2, 0.25) is 0 Å². The summed E-state index contributed by atoms with van der Waals surface area (Å²) >= 11 is 1.31. The second-order valence-electron chi connectivity index (χ2n) is 7.54. The van der Waals surface area contributed by atoms with Crippen LogP contribution in [0.4, 0.5) is 9.52 Å². The van der Waals surface area contributed by atoms with Crippen molar-refractivity contribution in [2.45, 2.75) is 33.7 Å². The van der Waals surface area contributed by atoms with Crippen LogP contribution in [0, 0.1) is 19.7 Å². The Hall–Kier alpha value is -3.39. The Morgan fingerprint density at radius 2 is 1.87 bits per heavy atom. The maximum absolute atomic E-state index is 14.4. The molecule has 0 atom stereocenters. The third-order valence-electron chi connectivity index (χ3n) is 4.97. The van der Waals surface area contributed by atoms with E-state index in [-0.39, 0.29) is 17.5 Å².